The summed E-state index contributed by atoms with van der Waals surface area (Å²) >= 11 is 0. The number of carboxylic acid groups (broad SMARTS) is 1. The fraction of sp³-hybridized carbons (Fsp3) is 0.550. The van der Waals surface area contributed by atoms with Gasteiger partial charge < -0.3 is 24.1 Å². The molecular weight excluding hydrogens is 407 g/mol. The molecule has 3 aliphatic rings. The van der Waals surface area contributed by atoms with E-state index < -0.39 is 12.1 Å². The molecule has 0 aromatic heterocycles. The molecule has 2 heterocycles. The summed E-state index contributed by atoms with van der Waals surface area (Å²) < 4.78 is 54.5. The lowest BCUT2D eigenvalue weighted by atomic mass is 10.1. The molecule has 0 unspecified atom stereocenters. The number of hydrogen-bond acceptors (Lipinski definition) is 6. The van der Waals surface area contributed by atoms with Crippen LogP contribution in [0.25, 0.3) is 0 Å². The molecular formula is C20H24F3NO6. The molecule has 2 fully saturated rings. The van der Waals surface area contributed by atoms with Crippen molar-refractivity contribution in [2.45, 2.75) is 43.8 Å². The van der Waals surface area contributed by atoms with Gasteiger partial charge in [0.25, 0.3) is 0 Å². The predicted molar refractivity (Wildman–Crippen MR) is 99.4 cm³/mol. The molecule has 1 aromatic carbocycles. The van der Waals surface area contributed by atoms with Gasteiger partial charge >= 0.3 is 12.1 Å². The molecule has 0 amide bonds. The van der Waals surface area contributed by atoms with Gasteiger partial charge in [-0.3, -0.25) is 4.90 Å². The molecule has 30 heavy (non-hydrogen) atoms. The SMILES string of the molecule is C=CCO[C@H]1CC[C@H]2[C@H]1OCCN2Cc1ccc2c(c1)OCO2.O=C(O)C(F)(F)F. The van der Waals surface area contributed by atoms with Gasteiger partial charge in [0.05, 0.1) is 25.4 Å². The number of alkyl halides is 3. The number of ether oxygens (including phenoxy) is 4. The third kappa shape index (κ3) is 5.44. The van der Waals surface area contributed by atoms with Crippen molar-refractivity contribution in [3.8, 4) is 11.5 Å². The Labute approximate surface area is 172 Å². The smallest absolute Gasteiger partial charge is 0.475 e. The highest BCUT2D eigenvalue weighted by molar-refractivity contribution is 5.73. The zero-order valence-corrected chi connectivity index (χ0v) is 16.3. The maximum absolute atomic E-state index is 10.6. The first-order chi connectivity index (χ1) is 14.3. The monoisotopic (exact) mass is 431 g/mol. The van der Waals surface area contributed by atoms with Crippen LogP contribution in [-0.2, 0) is 20.8 Å². The average molecular weight is 431 g/mol. The van der Waals surface area contributed by atoms with Gasteiger partial charge in [-0.1, -0.05) is 12.1 Å². The van der Waals surface area contributed by atoms with Gasteiger partial charge in [0.1, 0.15) is 0 Å². The maximum atomic E-state index is 10.6. The number of halogens is 3. The zero-order chi connectivity index (χ0) is 21.7. The molecule has 1 aliphatic carbocycles. The predicted octanol–water partition coefficient (Wildman–Crippen LogP) is 2.98. The molecule has 0 spiro atoms. The summed E-state index contributed by atoms with van der Waals surface area (Å²) in [4.78, 5) is 11.4. The number of morpholine rings is 1. The van der Waals surface area contributed by atoms with Crippen LogP contribution in [0.1, 0.15) is 18.4 Å². The van der Waals surface area contributed by atoms with Crippen LogP contribution in [0.5, 0.6) is 11.5 Å². The number of nitrogens with zero attached hydrogens (tertiary/aromatic N) is 1. The van der Waals surface area contributed by atoms with Crippen molar-refractivity contribution in [2.75, 3.05) is 26.6 Å². The zero-order valence-electron chi connectivity index (χ0n) is 16.3. The second kappa shape index (κ2) is 9.67. The van der Waals surface area contributed by atoms with Gasteiger partial charge in [0, 0.05) is 19.1 Å². The Balaban J connectivity index is 0.000000318. The number of rotatable bonds is 5. The van der Waals surface area contributed by atoms with E-state index in [0.29, 0.717) is 19.4 Å². The van der Waals surface area contributed by atoms with Crippen LogP contribution in [0.3, 0.4) is 0 Å². The molecule has 1 aromatic rings. The van der Waals surface area contributed by atoms with Crippen molar-refractivity contribution in [3.05, 3.63) is 36.4 Å². The van der Waals surface area contributed by atoms with E-state index in [1.54, 1.807) is 6.08 Å². The molecule has 7 nitrogen and oxygen atoms in total. The van der Waals surface area contributed by atoms with E-state index >= 15 is 0 Å². The van der Waals surface area contributed by atoms with Gasteiger partial charge in [0.2, 0.25) is 6.79 Å². The fourth-order valence-electron chi connectivity index (χ4n) is 3.83. The van der Waals surface area contributed by atoms with Crippen LogP contribution < -0.4 is 9.47 Å². The highest BCUT2D eigenvalue weighted by Gasteiger charge is 2.43. The van der Waals surface area contributed by atoms with Crippen LogP contribution in [0.15, 0.2) is 30.9 Å². The molecule has 3 atom stereocenters. The lowest BCUT2D eigenvalue weighted by molar-refractivity contribution is -0.192. The van der Waals surface area contributed by atoms with E-state index in [0.717, 1.165) is 44.0 Å². The summed E-state index contributed by atoms with van der Waals surface area (Å²) in [5.41, 5.74) is 1.25. The third-order valence-corrected chi connectivity index (χ3v) is 5.14. The lowest BCUT2D eigenvalue weighted by Crippen LogP contribution is -2.51. The van der Waals surface area contributed by atoms with Crippen LogP contribution in [0.4, 0.5) is 13.2 Å². The molecule has 4 rings (SSSR count). The van der Waals surface area contributed by atoms with Crippen LogP contribution in [0, 0.1) is 0 Å². The van der Waals surface area contributed by atoms with Crippen LogP contribution >= 0.6 is 0 Å². The minimum atomic E-state index is -5.08. The van der Waals surface area contributed by atoms with Crippen molar-refractivity contribution < 1.29 is 42.0 Å². The minimum Gasteiger partial charge on any atom is -0.475 e. The molecule has 1 saturated carbocycles. The second-order valence-electron chi connectivity index (χ2n) is 7.10. The first-order valence-corrected chi connectivity index (χ1v) is 9.56. The van der Waals surface area contributed by atoms with Crippen molar-refractivity contribution in [3.63, 3.8) is 0 Å². The van der Waals surface area contributed by atoms with Crippen molar-refractivity contribution in [1.29, 1.82) is 0 Å². The molecule has 2 aliphatic heterocycles. The summed E-state index contributed by atoms with van der Waals surface area (Å²) in [5.74, 6) is -1.06. The van der Waals surface area contributed by atoms with E-state index in [4.69, 9.17) is 28.8 Å². The quantitative estimate of drug-likeness (QED) is 0.719. The molecule has 0 bridgehead atoms. The topological polar surface area (TPSA) is 77.5 Å². The molecule has 0 radical (unpaired) electrons. The Bertz CT molecular complexity index is 757. The van der Waals surface area contributed by atoms with Crippen LogP contribution in [-0.4, -0.2) is 67.0 Å². The van der Waals surface area contributed by atoms with E-state index in [1.807, 2.05) is 6.07 Å². The summed E-state index contributed by atoms with van der Waals surface area (Å²) in [6.07, 6.45) is -0.728. The van der Waals surface area contributed by atoms with Crippen molar-refractivity contribution in [2.24, 2.45) is 0 Å². The molecule has 10 heteroatoms. The standard InChI is InChI=1S/C18H23NO4.C2HF3O2/c1-2-8-20-16-6-4-14-18(16)21-9-7-19(14)11-13-3-5-15-17(10-13)23-12-22-15;3-2(4,5)1(6)7/h2-3,5,10,14,16,18H,1,4,6-9,11-12H2;(H,6,7)/t14-,16-,18+;/m0./s1. The number of carbonyl (C=O) groups is 1. The van der Waals surface area contributed by atoms with E-state index in [-0.39, 0.29) is 12.2 Å². The van der Waals surface area contributed by atoms with Gasteiger partial charge in [-0.15, -0.1) is 6.58 Å². The van der Waals surface area contributed by atoms with Crippen molar-refractivity contribution in [1.82, 2.24) is 4.90 Å². The van der Waals surface area contributed by atoms with E-state index in [1.165, 1.54) is 5.56 Å². The Kier molecular flexibility index (Phi) is 7.22. The summed E-state index contributed by atoms with van der Waals surface area (Å²) in [5, 5.41) is 7.12. The minimum absolute atomic E-state index is 0.178. The number of carboxylic acids is 1. The Hall–Kier alpha value is -2.30. The first-order valence-electron chi connectivity index (χ1n) is 9.56. The summed E-state index contributed by atoms with van der Waals surface area (Å²) in [6, 6.07) is 6.65. The summed E-state index contributed by atoms with van der Waals surface area (Å²) in [7, 11) is 0. The van der Waals surface area contributed by atoms with E-state index in [2.05, 4.69) is 23.6 Å². The highest BCUT2D eigenvalue weighted by atomic mass is 19.4. The average Bonchev–Trinajstić information content (AvgIpc) is 3.33. The lowest BCUT2D eigenvalue weighted by Gasteiger charge is -2.39. The maximum Gasteiger partial charge on any atom is 0.490 e. The normalized spacial score (nSPS) is 25.2. The number of benzene rings is 1. The van der Waals surface area contributed by atoms with Crippen LogP contribution in [0.2, 0.25) is 0 Å². The largest absolute Gasteiger partial charge is 0.490 e. The van der Waals surface area contributed by atoms with Gasteiger partial charge in [-0.2, -0.15) is 13.2 Å². The molecule has 166 valence electrons. The third-order valence-electron chi connectivity index (χ3n) is 5.14. The first kappa shape index (κ1) is 22.4. The number of hydrogen-bond donors (Lipinski definition) is 1. The number of aliphatic carboxylic acids is 1. The van der Waals surface area contributed by atoms with Gasteiger partial charge in [0.15, 0.2) is 11.5 Å². The molecule has 1 N–H and O–H groups in total. The summed E-state index contributed by atoms with van der Waals surface area (Å²) in [6.45, 7) is 7.28. The fourth-order valence-corrected chi connectivity index (χ4v) is 3.83. The Morgan fingerprint density at radius 3 is 2.73 bits per heavy atom. The van der Waals surface area contributed by atoms with Gasteiger partial charge in [-0.25, -0.2) is 4.79 Å². The van der Waals surface area contributed by atoms with E-state index in [9.17, 15) is 13.2 Å². The number of fused-ring (bicyclic) bond motifs is 2. The van der Waals surface area contributed by atoms with Crippen molar-refractivity contribution >= 4 is 5.97 Å². The Morgan fingerprint density at radius 2 is 2.03 bits per heavy atom. The molecule has 1 saturated heterocycles. The Morgan fingerprint density at radius 1 is 1.30 bits per heavy atom. The highest BCUT2D eigenvalue weighted by Crippen LogP contribution is 2.35. The second-order valence-corrected chi connectivity index (χ2v) is 7.10. The van der Waals surface area contributed by atoms with Gasteiger partial charge in [-0.05, 0) is 30.5 Å².